The van der Waals surface area contributed by atoms with Gasteiger partial charge in [-0.2, -0.15) is 0 Å². The van der Waals surface area contributed by atoms with Crippen molar-refractivity contribution in [3.05, 3.63) is 27.6 Å². The van der Waals surface area contributed by atoms with Crippen LogP contribution in [0.1, 0.15) is 51.5 Å². The number of hydrogen-bond acceptors (Lipinski definition) is 6. The first kappa shape index (κ1) is 24.5. The van der Waals surface area contributed by atoms with Crippen LogP contribution >= 0.6 is 23.4 Å². The van der Waals surface area contributed by atoms with Crippen molar-refractivity contribution in [2.24, 2.45) is 0 Å². The highest BCUT2D eigenvalue weighted by atomic mass is 35.5. The summed E-state index contributed by atoms with van der Waals surface area (Å²) in [5.74, 6) is 0.223. The summed E-state index contributed by atoms with van der Waals surface area (Å²) in [6.07, 6.45) is 6.46. The Hall–Kier alpha value is -2.19. The quantitative estimate of drug-likeness (QED) is 0.513. The van der Waals surface area contributed by atoms with Gasteiger partial charge in [-0.3, -0.25) is 19.3 Å². The molecule has 1 aromatic carbocycles. The Labute approximate surface area is 198 Å². The van der Waals surface area contributed by atoms with Crippen molar-refractivity contribution in [1.29, 1.82) is 0 Å². The van der Waals surface area contributed by atoms with Crippen LogP contribution < -0.4 is 9.47 Å². The van der Waals surface area contributed by atoms with E-state index in [9.17, 15) is 14.4 Å². The number of methoxy groups -OCH3 is 1. The molecule has 3 rings (SSSR count). The first-order valence-corrected chi connectivity index (χ1v) is 12.1. The maximum atomic E-state index is 12.9. The average Bonchev–Trinajstić information content (AvgIpc) is 2.97. The summed E-state index contributed by atoms with van der Waals surface area (Å²) in [5.41, 5.74) is 0.604. The second-order valence-corrected chi connectivity index (χ2v) is 9.33. The van der Waals surface area contributed by atoms with Gasteiger partial charge >= 0.3 is 0 Å². The van der Waals surface area contributed by atoms with E-state index in [4.69, 9.17) is 21.1 Å². The van der Waals surface area contributed by atoms with Crippen molar-refractivity contribution in [1.82, 2.24) is 9.80 Å². The van der Waals surface area contributed by atoms with Crippen molar-refractivity contribution in [3.63, 3.8) is 0 Å². The lowest BCUT2D eigenvalue weighted by atomic mass is 10.1. The molecule has 2 saturated heterocycles. The first-order valence-electron chi connectivity index (χ1n) is 10.9. The van der Waals surface area contributed by atoms with Crippen molar-refractivity contribution >= 4 is 46.5 Å². The number of benzene rings is 1. The van der Waals surface area contributed by atoms with Crippen LogP contribution in [0.15, 0.2) is 17.0 Å². The Balaban J connectivity index is 1.76. The lowest BCUT2D eigenvalue weighted by Crippen LogP contribution is -2.42. The summed E-state index contributed by atoms with van der Waals surface area (Å²) in [6, 6.07) is 3.37. The van der Waals surface area contributed by atoms with Crippen molar-refractivity contribution in [2.75, 3.05) is 26.7 Å². The molecule has 32 heavy (non-hydrogen) atoms. The van der Waals surface area contributed by atoms with Crippen molar-refractivity contribution in [3.8, 4) is 11.5 Å². The Morgan fingerprint density at radius 3 is 2.53 bits per heavy atom. The fraction of sp³-hybridized carbons (Fsp3) is 0.522. The van der Waals surface area contributed by atoms with E-state index in [2.05, 4.69) is 0 Å². The normalized spacial score (nSPS) is 19.3. The number of hydrogen-bond donors (Lipinski definition) is 0. The van der Waals surface area contributed by atoms with Crippen molar-refractivity contribution in [2.45, 2.75) is 52.1 Å². The van der Waals surface area contributed by atoms with E-state index in [0.29, 0.717) is 35.2 Å². The number of amides is 3. The zero-order valence-corrected chi connectivity index (χ0v) is 20.3. The van der Waals surface area contributed by atoms with Crippen molar-refractivity contribution < 1.29 is 23.9 Å². The summed E-state index contributed by atoms with van der Waals surface area (Å²) in [7, 11) is 1.52. The Morgan fingerprint density at radius 2 is 1.91 bits per heavy atom. The smallest absolute Gasteiger partial charge is 0.294 e. The second-order valence-electron chi connectivity index (χ2n) is 7.93. The molecule has 1 unspecified atom stereocenters. The molecule has 174 valence electrons. The van der Waals surface area contributed by atoms with Gasteiger partial charge in [-0.25, -0.2) is 0 Å². The van der Waals surface area contributed by atoms with E-state index in [1.807, 2.05) is 13.8 Å². The minimum atomic E-state index is -0.474. The van der Waals surface area contributed by atoms with E-state index in [1.165, 1.54) is 7.11 Å². The number of likely N-dealkylation sites (tertiary alicyclic amines) is 1. The van der Waals surface area contributed by atoms with Crippen LogP contribution in [0.3, 0.4) is 0 Å². The molecule has 1 aromatic rings. The molecule has 2 aliphatic rings. The third-order valence-corrected chi connectivity index (χ3v) is 6.76. The Morgan fingerprint density at radius 1 is 1.22 bits per heavy atom. The molecule has 0 aliphatic carbocycles. The summed E-state index contributed by atoms with van der Waals surface area (Å²) < 4.78 is 11.3. The van der Waals surface area contributed by atoms with E-state index in [-0.39, 0.29) is 23.5 Å². The van der Waals surface area contributed by atoms with Gasteiger partial charge in [0.05, 0.1) is 23.1 Å². The fourth-order valence-corrected chi connectivity index (χ4v) is 4.67. The molecule has 2 aliphatic heterocycles. The highest BCUT2D eigenvalue weighted by Gasteiger charge is 2.37. The summed E-state index contributed by atoms with van der Waals surface area (Å²) in [6.45, 7) is 5.07. The Bertz CT molecular complexity index is 912. The molecule has 2 fully saturated rings. The van der Waals surface area contributed by atoms with Crippen LogP contribution in [0, 0.1) is 0 Å². The average molecular weight is 481 g/mol. The summed E-state index contributed by atoms with van der Waals surface area (Å²) in [5, 5.41) is -0.0920. The van der Waals surface area contributed by atoms with Crippen LogP contribution in [-0.4, -0.2) is 59.7 Å². The molecule has 3 amide bonds. The topological polar surface area (TPSA) is 76.2 Å². The van der Waals surface area contributed by atoms with Gasteiger partial charge in [-0.15, -0.1) is 0 Å². The molecular weight excluding hydrogens is 452 g/mol. The number of thioether (sulfide) groups is 1. The van der Waals surface area contributed by atoms with E-state index < -0.39 is 11.1 Å². The monoisotopic (exact) mass is 480 g/mol. The van der Waals surface area contributed by atoms with E-state index in [0.717, 1.165) is 48.8 Å². The van der Waals surface area contributed by atoms with Gasteiger partial charge in [0.2, 0.25) is 5.91 Å². The largest absolute Gasteiger partial charge is 0.493 e. The van der Waals surface area contributed by atoms with Gasteiger partial charge in [0.15, 0.2) is 11.5 Å². The lowest BCUT2D eigenvalue weighted by Gasteiger charge is -2.22. The van der Waals surface area contributed by atoms with Crippen LogP contribution in [-0.2, 0) is 9.59 Å². The van der Waals surface area contributed by atoms with Crippen LogP contribution in [0.2, 0.25) is 5.02 Å². The molecule has 1 atom stereocenters. The fourth-order valence-electron chi connectivity index (χ4n) is 3.57. The second kappa shape index (κ2) is 11.1. The minimum absolute atomic E-state index is 0.0366. The van der Waals surface area contributed by atoms with Gasteiger partial charge in [-0.1, -0.05) is 31.4 Å². The number of carbonyl (C=O) groups excluding carboxylic acids is 3. The standard InChI is InChI=1S/C23H29ClN2O5S/c1-4-15(2)31-21-17(24)11-16(12-18(21)30-3)13-19-22(28)26(23(29)32-19)14-20(27)25-9-7-5-6-8-10-25/h11-13,15H,4-10,14H2,1-3H3. The molecular formula is C23H29ClN2O5S. The summed E-state index contributed by atoms with van der Waals surface area (Å²) >= 11 is 7.23. The zero-order chi connectivity index (χ0) is 23.3. The third-order valence-electron chi connectivity index (χ3n) is 5.57. The number of nitrogens with zero attached hydrogens (tertiary/aromatic N) is 2. The number of carbonyl (C=O) groups is 3. The van der Waals surface area contributed by atoms with E-state index >= 15 is 0 Å². The van der Waals surface area contributed by atoms with Gasteiger partial charge < -0.3 is 14.4 Å². The molecule has 0 bridgehead atoms. The lowest BCUT2D eigenvalue weighted by molar-refractivity contribution is -0.135. The molecule has 0 spiro atoms. The number of imide groups is 1. The van der Waals surface area contributed by atoms with E-state index in [1.54, 1.807) is 23.1 Å². The molecule has 2 heterocycles. The van der Waals surface area contributed by atoms with Gasteiger partial charge in [0, 0.05) is 13.1 Å². The third kappa shape index (κ3) is 5.78. The predicted molar refractivity (Wildman–Crippen MR) is 126 cm³/mol. The van der Waals surface area contributed by atoms with Crippen LogP contribution in [0.4, 0.5) is 4.79 Å². The summed E-state index contributed by atoms with van der Waals surface area (Å²) in [4.78, 5) is 41.0. The first-order chi connectivity index (χ1) is 15.3. The van der Waals surface area contributed by atoms with Gasteiger partial charge in [0.25, 0.3) is 11.1 Å². The molecule has 0 saturated carbocycles. The van der Waals surface area contributed by atoms with Crippen LogP contribution in [0.5, 0.6) is 11.5 Å². The van der Waals surface area contributed by atoms with Crippen LogP contribution in [0.25, 0.3) is 6.08 Å². The highest BCUT2D eigenvalue weighted by Crippen LogP contribution is 2.39. The maximum Gasteiger partial charge on any atom is 0.294 e. The number of rotatable bonds is 7. The van der Waals surface area contributed by atoms with Gasteiger partial charge in [0.1, 0.15) is 6.54 Å². The molecule has 0 aromatic heterocycles. The molecule has 0 N–H and O–H groups in total. The SMILES string of the molecule is CCC(C)Oc1c(Cl)cc(C=C2SC(=O)N(CC(=O)N3CCCCCC3)C2=O)cc1OC. The molecule has 7 nitrogen and oxygen atoms in total. The number of halogens is 1. The maximum absolute atomic E-state index is 12.9. The van der Waals surface area contributed by atoms with Gasteiger partial charge in [-0.05, 0) is 61.7 Å². The predicted octanol–water partition coefficient (Wildman–Crippen LogP) is 4.96. The molecule has 9 heteroatoms. The highest BCUT2D eigenvalue weighted by molar-refractivity contribution is 8.18. The Kier molecular flexibility index (Phi) is 8.48. The zero-order valence-electron chi connectivity index (χ0n) is 18.7. The molecule has 0 radical (unpaired) electrons. The number of ether oxygens (including phenoxy) is 2. The minimum Gasteiger partial charge on any atom is -0.493 e.